The first kappa shape index (κ1) is 9.99. The average Bonchev–Trinajstić information content (AvgIpc) is 2.87. The molecule has 0 spiro atoms. The van der Waals surface area contributed by atoms with Gasteiger partial charge in [-0.3, -0.25) is 4.98 Å². The Labute approximate surface area is 98.0 Å². The van der Waals surface area contributed by atoms with E-state index in [1.165, 1.54) is 0 Å². The van der Waals surface area contributed by atoms with Crippen molar-refractivity contribution in [2.45, 2.75) is 6.61 Å². The van der Waals surface area contributed by atoms with Crippen LogP contribution in [0.4, 0.5) is 0 Å². The van der Waals surface area contributed by atoms with Gasteiger partial charge in [0.2, 0.25) is 0 Å². The van der Waals surface area contributed by atoms with Crippen molar-refractivity contribution in [1.82, 2.24) is 15.0 Å². The molecule has 0 saturated carbocycles. The summed E-state index contributed by atoms with van der Waals surface area (Å²) in [5.74, 6) is 0.735. The Morgan fingerprint density at radius 3 is 2.82 bits per heavy atom. The number of nitrogens with zero attached hydrogens (tertiary/aromatic N) is 2. The maximum Gasteiger partial charge on any atom is 0.139 e. The fourth-order valence-corrected chi connectivity index (χ4v) is 1.88. The van der Waals surface area contributed by atoms with Crippen molar-refractivity contribution in [3.8, 4) is 11.4 Å². The van der Waals surface area contributed by atoms with Crippen molar-refractivity contribution in [3.63, 3.8) is 0 Å². The summed E-state index contributed by atoms with van der Waals surface area (Å²) in [6.07, 6.45) is 5.24. The maximum atomic E-state index is 9.02. The third kappa shape index (κ3) is 1.68. The molecule has 0 fully saturated rings. The van der Waals surface area contributed by atoms with E-state index in [1.807, 2.05) is 30.5 Å². The Balaban J connectivity index is 2.23. The highest BCUT2D eigenvalue weighted by Gasteiger charge is 2.07. The van der Waals surface area contributed by atoms with Crippen LogP contribution in [0.5, 0.6) is 0 Å². The Bertz CT molecular complexity index is 655. The summed E-state index contributed by atoms with van der Waals surface area (Å²) in [5, 5.41) is 11.2. The third-order valence-corrected chi connectivity index (χ3v) is 2.72. The van der Waals surface area contributed by atoms with Crippen molar-refractivity contribution in [1.29, 1.82) is 0 Å². The molecule has 0 radical (unpaired) electrons. The molecule has 0 bridgehead atoms. The summed E-state index contributed by atoms with van der Waals surface area (Å²) >= 11 is 0. The van der Waals surface area contributed by atoms with E-state index in [9.17, 15) is 0 Å². The zero-order chi connectivity index (χ0) is 11.7. The molecule has 2 heterocycles. The summed E-state index contributed by atoms with van der Waals surface area (Å²) in [7, 11) is 0. The number of aliphatic hydroxyl groups is 1. The molecule has 3 aromatic rings. The molecule has 2 aromatic heterocycles. The van der Waals surface area contributed by atoms with Gasteiger partial charge in [-0.1, -0.05) is 24.3 Å². The van der Waals surface area contributed by atoms with Crippen molar-refractivity contribution >= 4 is 10.8 Å². The van der Waals surface area contributed by atoms with Gasteiger partial charge in [0.25, 0.3) is 0 Å². The normalized spacial score (nSPS) is 10.9. The van der Waals surface area contributed by atoms with Gasteiger partial charge in [-0.05, 0) is 5.39 Å². The van der Waals surface area contributed by atoms with E-state index >= 15 is 0 Å². The highest BCUT2D eigenvalue weighted by molar-refractivity contribution is 5.94. The van der Waals surface area contributed by atoms with Crippen molar-refractivity contribution in [2.24, 2.45) is 0 Å². The molecule has 3 rings (SSSR count). The molecule has 0 unspecified atom stereocenters. The highest BCUT2D eigenvalue weighted by atomic mass is 16.3. The second-order valence-corrected chi connectivity index (χ2v) is 3.82. The van der Waals surface area contributed by atoms with Gasteiger partial charge in [-0.25, -0.2) is 4.98 Å². The van der Waals surface area contributed by atoms with Crippen LogP contribution in [0, 0.1) is 0 Å². The van der Waals surface area contributed by atoms with Crippen LogP contribution in [0.25, 0.3) is 22.2 Å². The summed E-state index contributed by atoms with van der Waals surface area (Å²) in [6.45, 7) is -0.0365. The fraction of sp³-hybridized carbons (Fsp3) is 0.0769. The lowest BCUT2D eigenvalue weighted by Crippen LogP contribution is -1.86. The number of hydrogen-bond acceptors (Lipinski definition) is 3. The molecule has 1 aromatic carbocycles. The number of aromatic amines is 1. The lowest BCUT2D eigenvalue weighted by molar-refractivity contribution is 0.277. The minimum Gasteiger partial charge on any atom is -0.390 e. The molecule has 4 nitrogen and oxygen atoms in total. The monoisotopic (exact) mass is 225 g/mol. The molecule has 0 aliphatic heterocycles. The number of aromatic nitrogens is 3. The SMILES string of the molecule is OCc1cnc(-c2cncc3ccccc23)[nH]1. The van der Waals surface area contributed by atoms with Gasteiger partial charge >= 0.3 is 0 Å². The molecule has 0 atom stereocenters. The Morgan fingerprint density at radius 1 is 1.12 bits per heavy atom. The first-order valence-corrected chi connectivity index (χ1v) is 5.36. The van der Waals surface area contributed by atoms with E-state index in [2.05, 4.69) is 15.0 Å². The van der Waals surface area contributed by atoms with Crippen LogP contribution in [0.3, 0.4) is 0 Å². The highest BCUT2D eigenvalue weighted by Crippen LogP contribution is 2.25. The van der Waals surface area contributed by atoms with Gasteiger partial charge in [-0.2, -0.15) is 0 Å². The number of benzene rings is 1. The smallest absolute Gasteiger partial charge is 0.139 e. The second-order valence-electron chi connectivity index (χ2n) is 3.82. The number of aliphatic hydroxyl groups excluding tert-OH is 1. The van der Waals surface area contributed by atoms with Crippen LogP contribution in [-0.2, 0) is 6.61 Å². The van der Waals surface area contributed by atoms with Crippen LogP contribution >= 0.6 is 0 Å². The second kappa shape index (κ2) is 3.99. The van der Waals surface area contributed by atoms with Crippen molar-refractivity contribution < 1.29 is 5.11 Å². The lowest BCUT2D eigenvalue weighted by Gasteiger charge is -2.02. The summed E-state index contributed by atoms with van der Waals surface area (Å²) < 4.78 is 0. The Morgan fingerprint density at radius 2 is 2.00 bits per heavy atom. The van der Waals surface area contributed by atoms with E-state index in [0.717, 1.165) is 22.2 Å². The average molecular weight is 225 g/mol. The quantitative estimate of drug-likeness (QED) is 0.702. The van der Waals surface area contributed by atoms with Gasteiger partial charge in [0.1, 0.15) is 5.82 Å². The Kier molecular flexibility index (Phi) is 2.34. The molecule has 0 amide bonds. The fourth-order valence-electron chi connectivity index (χ4n) is 1.88. The number of H-pyrrole nitrogens is 1. The van der Waals surface area contributed by atoms with Gasteiger partial charge < -0.3 is 10.1 Å². The number of rotatable bonds is 2. The predicted octanol–water partition coefficient (Wildman–Crippen LogP) is 2.12. The van der Waals surface area contributed by atoms with Crippen LogP contribution in [0.15, 0.2) is 42.9 Å². The van der Waals surface area contributed by atoms with E-state index in [0.29, 0.717) is 5.69 Å². The number of imidazole rings is 1. The van der Waals surface area contributed by atoms with Crippen LogP contribution < -0.4 is 0 Å². The molecule has 17 heavy (non-hydrogen) atoms. The standard InChI is InChI=1S/C13H11N3O/c17-8-10-6-15-13(16-10)12-7-14-5-9-3-1-2-4-11(9)12/h1-7,17H,8H2,(H,15,16). The zero-order valence-electron chi connectivity index (χ0n) is 9.09. The summed E-state index contributed by atoms with van der Waals surface area (Å²) in [6, 6.07) is 8.02. The summed E-state index contributed by atoms with van der Waals surface area (Å²) in [4.78, 5) is 11.5. The predicted molar refractivity (Wildman–Crippen MR) is 65.2 cm³/mol. The number of fused-ring (bicyclic) bond motifs is 1. The zero-order valence-corrected chi connectivity index (χ0v) is 9.09. The van der Waals surface area contributed by atoms with Crippen LogP contribution in [0.1, 0.15) is 5.69 Å². The van der Waals surface area contributed by atoms with Crippen molar-refractivity contribution in [3.05, 3.63) is 48.5 Å². The van der Waals surface area contributed by atoms with Crippen LogP contribution in [-0.4, -0.2) is 20.1 Å². The minimum atomic E-state index is -0.0365. The minimum absolute atomic E-state index is 0.0365. The van der Waals surface area contributed by atoms with Crippen molar-refractivity contribution in [2.75, 3.05) is 0 Å². The van der Waals surface area contributed by atoms with Gasteiger partial charge in [-0.15, -0.1) is 0 Å². The topological polar surface area (TPSA) is 61.8 Å². The van der Waals surface area contributed by atoms with Crippen LogP contribution in [0.2, 0.25) is 0 Å². The number of hydrogen-bond donors (Lipinski definition) is 2. The van der Waals surface area contributed by atoms with Gasteiger partial charge in [0.15, 0.2) is 0 Å². The van der Waals surface area contributed by atoms with Gasteiger partial charge in [0.05, 0.1) is 18.5 Å². The first-order valence-electron chi connectivity index (χ1n) is 5.36. The van der Waals surface area contributed by atoms with E-state index in [4.69, 9.17) is 5.11 Å². The van der Waals surface area contributed by atoms with Gasteiger partial charge in [0, 0.05) is 23.3 Å². The lowest BCUT2D eigenvalue weighted by atomic mass is 10.1. The number of pyridine rings is 1. The van der Waals surface area contributed by atoms with E-state index in [-0.39, 0.29) is 6.61 Å². The largest absolute Gasteiger partial charge is 0.390 e. The first-order chi connectivity index (χ1) is 8.38. The number of nitrogens with one attached hydrogen (secondary N) is 1. The Hall–Kier alpha value is -2.20. The molecular formula is C13H11N3O. The summed E-state index contributed by atoms with van der Waals surface area (Å²) in [5.41, 5.74) is 1.65. The van der Waals surface area contributed by atoms with E-state index in [1.54, 1.807) is 12.4 Å². The molecule has 2 N–H and O–H groups in total. The third-order valence-electron chi connectivity index (χ3n) is 2.72. The molecule has 0 aliphatic rings. The molecular weight excluding hydrogens is 214 g/mol. The van der Waals surface area contributed by atoms with E-state index < -0.39 is 0 Å². The molecule has 0 saturated heterocycles. The maximum absolute atomic E-state index is 9.02. The molecule has 84 valence electrons. The molecule has 0 aliphatic carbocycles. The molecule has 4 heteroatoms.